The number of fused-ring (bicyclic) bond motifs is 1. The smallest absolute Gasteiger partial charge is 0.365 e. The number of hydrogen-bond acceptors (Lipinski definition) is 9. The van der Waals surface area contributed by atoms with Crippen LogP contribution < -0.4 is 14.8 Å². The van der Waals surface area contributed by atoms with E-state index in [0.29, 0.717) is 36.0 Å². The number of ether oxygens (including phenoxy) is 3. The van der Waals surface area contributed by atoms with Crippen LogP contribution in [0.15, 0.2) is 40.1 Å². The van der Waals surface area contributed by atoms with Crippen molar-refractivity contribution in [3.05, 3.63) is 35.7 Å². The second kappa shape index (κ2) is 7.06. The zero-order valence-corrected chi connectivity index (χ0v) is 15.4. The number of esters is 1. The number of para-hydroxylation sites is 1. The first kappa shape index (κ1) is 16.9. The lowest BCUT2D eigenvalue weighted by atomic mass is 10.1. The fourth-order valence-corrected chi connectivity index (χ4v) is 3.59. The summed E-state index contributed by atoms with van der Waals surface area (Å²) in [4.78, 5) is 25.5. The summed E-state index contributed by atoms with van der Waals surface area (Å²) < 4.78 is 16.7. The van der Waals surface area contributed by atoms with Crippen LogP contribution >= 0.6 is 0 Å². The number of aliphatic imine (C=N–C) groups is 2. The summed E-state index contributed by atoms with van der Waals surface area (Å²) in [7, 11) is 0. The van der Waals surface area contributed by atoms with Gasteiger partial charge in [0.25, 0.3) is 0 Å². The van der Waals surface area contributed by atoms with Crippen LogP contribution in [-0.2, 0) is 9.53 Å². The molecule has 0 radical (unpaired) electrons. The van der Waals surface area contributed by atoms with Gasteiger partial charge in [-0.25, -0.2) is 9.79 Å². The van der Waals surface area contributed by atoms with Crippen LogP contribution in [0.4, 0.5) is 0 Å². The van der Waals surface area contributed by atoms with Crippen LogP contribution in [0.5, 0.6) is 11.5 Å². The van der Waals surface area contributed by atoms with E-state index in [1.165, 1.54) is 0 Å². The number of nitrogens with one attached hydrogen (secondary N) is 1. The van der Waals surface area contributed by atoms with Crippen LogP contribution in [0, 0.1) is 0 Å². The van der Waals surface area contributed by atoms with Crippen LogP contribution in [0.25, 0.3) is 0 Å². The second-order valence-corrected chi connectivity index (χ2v) is 6.81. The second-order valence-electron chi connectivity index (χ2n) is 6.81. The highest BCUT2D eigenvalue weighted by atomic mass is 16.6. The Balaban J connectivity index is 1.31. The zero-order valence-electron chi connectivity index (χ0n) is 15.4. The third-order valence-corrected chi connectivity index (χ3v) is 4.99. The summed E-state index contributed by atoms with van der Waals surface area (Å²) in [5.41, 5.74) is 0.929. The van der Waals surface area contributed by atoms with Crippen LogP contribution in [-0.4, -0.2) is 80.1 Å². The molecule has 28 heavy (non-hydrogen) atoms. The number of rotatable bonds is 2. The van der Waals surface area contributed by atoms with Crippen molar-refractivity contribution in [1.29, 1.82) is 0 Å². The quantitative estimate of drug-likeness (QED) is 0.576. The van der Waals surface area contributed by atoms with Gasteiger partial charge in [-0.2, -0.15) is 0 Å². The van der Waals surface area contributed by atoms with Crippen LogP contribution in [0.3, 0.4) is 0 Å². The van der Waals surface area contributed by atoms with Crippen molar-refractivity contribution >= 4 is 17.8 Å². The molecule has 1 aromatic rings. The maximum Gasteiger partial charge on any atom is 0.365 e. The molecule has 9 nitrogen and oxygen atoms in total. The molecule has 9 heteroatoms. The molecule has 5 rings (SSSR count). The predicted molar refractivity (Wildman–Crippen MR) is 102 cm³/mol. The number of carbonyl (C=O) groups is 1. The zero-order chi connectivity index (χ0) is 18.9. The first-order chi connectivity index (χ1) is 13.8. The minimum atomic E-state index is -0.450. The van der Waals surface area contributed by atoms with E-state index in [0.717, 1.165) is 45.2 Å². The van der Waals surface area contributed by atoms with Crippen molar-refractivity contribution in [3.63, 3.8) is 0 Å². The van der Waals surface area contributed by atoms with E-state index in [2.05, 4.69) is 25.1 Å². The Morgan fingerprint density at radius 2 is 1.96 bits per heavy atom. The van der Waals surface area contributed by atoms with E-state index in [1.54, 1.807) is 6.20 Å². The molecule has 146 valence electrons. The van der Waals surface area contributed by atoms with Crippen LogP contribution in [0.2, 0.25) is 0 Å². The molecule has 4 aliphatic heterocycles. The molecular formula is C19H21N5O4. The van der Waals surface area contributed by atoms with E-state index in [9.17, 15) is 4.79 Å². The molecule has 1 saturated heterocycles. The maximum atomic E-state index is 12.3. The van der Waals surface area contributed by atoms with Gasteiger partial charge in [0.1, 0.15) is 13.2 Å². The highest BCUT2D eigenvalue weighted by Crippen LogP contribution is 2.35. The molecule has 4 aliphatic rings. The van der Waals surface area contributed by atoms with Gasteiger partial charge in [0.2, 0.25) is 5.90 Å². The third kappa shape index (κ3) is 3.12. The minimum Gasteiger partial charge on any atom is -0.486 e. The van der Waals surface area contributed by atoms with Gasteiger partial charge in [0.05, 0.1) is 12.1 Å². The van der Waals surface area contributed by atoms with Gasteiger partial charge >= 0.3 is 5.97 Å². The molecule has 0 saturated carbocycles. The lowest BCUT2D eigenvalue weighted by Gasteiger charge is -2.35. The largest absolute Gasteiger partial charge is 0.486 e. The topological polar surface area (TPSA) is 88.0 Å². The first-order valence-electron chi connectivity index (χ1n) is 9.47. The lowest BCUT2D eigenvalue weighted by Crippen LogP contribution is -2.50. The molecule has 0 unspecified atom stereocenters. The van der Waals surface area contributed by atoms with Crippen molar-refractivity contribution in [1.82, 2.24) is 15.1 Å². The summed E-state index contributed by atoms with van der Waals surface area (Å²) in [6.45, 7) is 5.97. The number of cyclic esters (lactones) is 1. The van der Waals surface area contributed by atoms with Gasteiger partial charge in [-0.3, -0.25) is 4.99 Å². The summed E-state index contributed by atoms with van der Waals surface area (Å²) in [6.07, 6.45) is 1.78. The molecule has 0 atom stereocenters. The molecule has 0 amide bonds. The van der Waals surface area contributed by atoms with E-state index < -0.39 is 5.97 Å². The van der Waals surface area contributed by atoms with Crippen molar-refractivity contribution in [2.45, 2.75) is 0 Å². The highest BCUT2D eigenvalue weighted by molar-refractivity contribution is 6.12. The molecular weight excluding hydrogens is 362 g/mol. The number of hydrogen-bond donors (Lipinski definition) is 1. The maximum absolute atomic E-state index is 12.3. The standard InChI is InChI=1S/C19H21N5O4/c25-18-14(12-23-6-8-24(9-7-23)19-20-4-5-21-19)22-17(28-18)13-2-1-3-15-16(13)27-11-10-26-15/h1-3,12H,4-11H2,(H,20,21)/b14-12+. The molecule has 4 heterocycles. The first-order valence-corrected chi connectivity index (χ1v) is 9.47. The summed E-state index contributed by atoms with van der Waals surface area (Å²) in [6, 6.07) is 5.48. The minimum absolute atomic E-state index is 0.252. The normalized spacial score (nSPS) is 22.7. The summed E-state index contributed by atoms with van der Waals surface area (Å²) in [5.74, 6) is 1.98. The average molecular weight is 383 g/mol. The Kier molecular flexibility index (Phi) is 4.27. The monoisotopic (exact) mass is 383 g/mol. The number of carbonyl (C=O) groups excluding carboxylic acids is 1. The van der Waals surface area contributed by atoms with Crippen molar-refractivity contribution in [2.75, 3.05) is 52.5 Å². The molecule has 0 spiro atoms. The Bertz CT molecular complexity index is 886. The Morgan fingerprint density at radius 3 is 2.79 bits per heavy atom. The molecule has 0 aliphatic carbocycles. The van der Waals surface area contributed by atoms with E-state index >= 15 is 0 Å². The molecule has 0 bridgehead atoms. The fraction of sp³-hybridized carbons (Fsp3) is 0.421. The third-order valence-electron chi connectivity index (χ3n) is 4.99. The van der Waals surface area contributed by atoms with Gasteiger partial charge in [-0.15, -0.1) is 0 Å². The average Bonchev–Trinajstić information content (AvgIpc) is 3.39. The van der Waals surface area contributed by atoms with Crippen molar-refractivity contribution < 1.29 is 19.0 Å². The van der Waals surface area contributed by atoms with Crippen molar-refractivity contribution in [2.24, 2.45) is 9.98 Å². The predicted octanol–water partition coefficient (Wildman–Crippen LogP) is 0.179. The molecule has 0 aromatic heterocycles. The van der Waals surface area contributed by atoms with Crippen molar-refractivity contribution in [3.8, 4) is 11.5 Å². The number of benzene rings is 1. The number of guanidine groups is 1. The molecule has 1 aromatic carbocycles. The summed E-state index contributed by atoms with van der Waals surface area (Å²) in [5, 5.41) is 3.29. The highest BCUT2D eigenvalue weighted by Gasteiger charge is 2.30. The van der Waals surface area contributed by atoms with E-state index in [4.69, 9.17) is 14.2 Å². The van der Waals surface area contributed by atoms with Gasteiger partial charge in [-0.1, -0.05) is 6.07 Å². The molecule has 1 fully saturated rings. The lowest BCUT2D eigenvalue weighted by molar-refractivity contribution is -0.130. The Labute approximate surface area is 162 Å². The number of piperazine rings is 1. The van der Waals surface area contributed by atoms with Gasteiger partial charge in [-0.05, 0) is 12.1 Å². The van der Waals surface area contributed by atoms with Gasteiger partial charge in [0, 0.05) is 38.9 Å². The number of nitrogens with zero attached hydrogens (tertiary/aromatic N) is 4. The van der Waals surface area contributed by atoms with E-state index in [-0.39, 0.29) is 5.90 Å². The fourth-order valence-electron chi connectivity index (χ4n) is 3.59. The van der Waals surface area contributed by atoms with Crippen LogP contribution in [0.1, 0.15) is 5.56 Å². The Morgan fingerprint density at radius 1 is 1.11 bits per heavy atom. The summed E-state index contributed by atoms with van der Waals surface area (Å²) >= 11 is 0. The Hall–Kier alpha value is -3.23. The van der Waals surface area contributed by atoms with E-state index in [1.807, 2.05) is 18.2 Å². The SMILES string of the molecule is O=C1OC(c2cccc3c2OCCO3)=N/C1=C/N1CCN(C2=NCCN2)CC1. The molecule has 1 N–H and O–H groups in total. The van der Waals surface area contributed by atoms with Gasteiger partial charge < -0.3 is 29.3 Å². The van der Waals surface area contributed by atoms with Gasteiger partial charge in [0.15, 0.2) is 23.2 Å².